The first-order valence-corrected chi connectivity index (χ1v) is 10.0. The van der Waals surface area contributed by atoms with Crippen LogP contribution in [0.4, 0.5) is 17.6 Å². The summed E-state index contributed by atoms with van der Waals surface area (Å²) in [5.41, 5.74) is 0.810. The Balaban J connectivity index is 1.33. The lowest BCUT2D eigenvalue weighted by molar-refractivity contribution is 0.122. The van der Waals surface area contributed by atoms with Crippen molar-refractivity contribution in [2.45, 2.75) is 19.4 Å². The summed E-state index contributed by atoms with van der Waals surface area (Å²) < 4.78 is 7.42. The monoisotopic (exact) mass is 395 g/mol. The fourth-order valence-electron chi connectivity index (χ4n) is 4.04. The number of fused-ring (bicyclic) bond motifs is 1. The van der Waals surface area contributed by atoms with E-state index in [1.54, 1.807) is 0 Å². The fraction of sp³-hybridized carbons (Fsp3) is 0.526. The SMILES string of the molecule is Cc1nnc2c(N3CCC(N(C)c4ccnc(N5CCOCC5)n4)C3)nccn12. The summed E-state index contributed by atoms with van der Waals surface area (Å²) in [4.78, 5) is 20.6. The summed E-state index contributed by atoms with van der Waals surface area (Å²) in [5.74, 6) is 3.48. The van der Waals surface area contributed by atoms with Crippen molar-refractivity contribution in [2.75, 3.05) is 61.1 Å². The van der Waals surface area contributed by atoms with Crippen molar-refractivity contribution in [3.8, 4) is 0 Å². The summed E-state index contributed by atoms with van der Waals surface area (Å²) in [7, 11) is 2.11. The average Bonchev–Trinajstić information content (AvgIpc) is 3.41. The van der Waals surface area contributed by atoms with E-state index in [2.05, 4.69) is 41.9 Å². The van der Waals surface area contributed by atoms with Gasteiger partial charge in [-0.1, -0.05) is 0 Å². The van der Waals surface area contributed by atoms with Gasteiger partial charge in [-0.2, -0.15) is 4.98 Å². The molecule has 10 heteroatoms. The van der Waals surface area contributed by atoms with Crippen molar-refractivity contribution in [3.63, 3.8) is 0 Å². The molecule has 5 rings (SSSR count). The van der Waals surface area contributed by atoms with Crippen LogP contribution in [0.5, 0.6) is 0 Å². The van der Waals surface area contributed by atoms with Crippen LogP contribution in [-0.2, 0) is 4.74 Å². The number of aromatic nitrogens is 6. The molecule has 0 spiro atoms. The first kappa shape index (κ1) is 18.0. The van der Waals surface area contributed by atoms with Gasteiger partial charge in [-0.15, -0.1) is 10.2 Å². The minimum absolute atomic E-state index is 0.341. The number of likely N-dealkylation sites (N-methyl/N-ethyl adjacent to an activating group) is 1. The van der Waals surface area contributed by atoms with E-state index in [1.165, 1.54) is 0 Å². The number of nitrogens with zero attached hydrogens (tertiary/aromatic N) is 9. The molecule has 10 nitrogen and oxygen atoms in total. The zero-order chi connectivity index (χ0) is 19.8. The second kappa shape index (κ2) is 7.43. The van der Waals surface area contributed by atoms with Gasteiger partial charge >= 0.3 is 0 Å². The Labute approximate surface area is 169 Å². The van der Waals surface area contributed by atoms with Gasteiger partial charge in [-0.25, -0.2) is 9.97 Å². The van der Waals surface area contributed by atoms with Crippen LogP contribution in [0.3, 0.4) is 0 Å². The number of rotatable bonds is 4. The van der Waals surface area contributed by atoms with Gasteiger partial charge in [0, 0.05) is 57.9 Å². The lowest BCUT2D eigenvalue weighted by Crippen LogP contribution is -2.38. The topological polar surface area (TPSA) is 87.8 Å². The molecular weight excluding hydrogens is 370 g/mol. The van der Waals surface area contributed by atoms with Crippen molar-refractivity contribution < 1.29 is 4.74 Å². The Bertz CT molecular complexity index is 1000. The van der Waals surface area contributed by atoms with E-state index in [-0.39, 0.29) is 0 Å². The van der Waals surface area contributed by atoms with Crippen LogP contribution in [0.2, 0.25) is 0 Å². The fourth-order valence-corrected chi connectivity index (χ4v) is 4.04. The molecule has 2 aliphatic rings. The molecule has 2 aliphatic heterocycles. The van der Waals surface area contributed by atoms with Crippen LogP contribution in [0, 0.1) is 6.92 Å². The van der Waals surface area contributed by atoms with Gasteiger partial charge in [-0.3, -0.25) is 4.40 Å². The molecule has 0 saturated carbocycles. The predicted molar refractivity (Wildman–Crippen MR) is 110 cm³/mol. The second-order valence-electron chi connectivity index (χ2n) is 7.51. The Morgan fingerprint density at radius 2 is 1.93 bits per heavy atom. The number of hydrogen-bond donors (Lipinski definition) is 0. The molecule has 0 radical (unpaired) electrons. The first-order chi connectivity index (χ1) is 14.2. The molecule has 0 bridgehead atoms. The Morgan fingerprint density at radius 1 is 1.07 bits per heavy atom. The van der Waals surface area contributed by atoms with E-state index >= 15 is 0 Å². The van der Waals surface area contributed by atoms with Crippen LogP contribution in [0.1, 0.15) is 12.2 Å². The van der Waals surface area contributed by atoms with Gasteiger partial charge in [0.05, 0.1) is 13.2 Å². The summed E-state index contributed by atoms with van der Waals surface area (Å²) in [6.07, 6.45) is 6.59. The van der Waals surface area contributed by atoms with Crippen molar-refractivity contribution in [2.24, 2.45) is 0 Å². The third-order valence-electron chi connectivity index (χ3n) is 5.77. The number of aryl methyl sites for hydroxylation is 1. The molecule has 0 amide bonds. The lowest BCUT2D eigenvalue weighted by atomic mass is 10.2. The van der Waals surface area contributed by atoms with Gasteiger partial charge < -0.3 is 19.4 Å². The molecular formula is C19H25N9O. The van der Waals surface area contributed by atoms with Crippen LogP contribution in [-0.4, -0.2) is 82.0 Å². The number of ether oxygens (including phenoxy) is 1. The Hall–Kier alpha value is -3.01. The Morgan fingerprint density at radius 3 is 2.79 bits per heavy atom. The number of morpholine rings is 1. The van der Waals surface area contributed by atoms with E-state index in [0.29, 0.717) is 6.04 Å². The zero-order valence-electron chi connectivity index (χ0n) is 16.8. The standard InChI is InChI=1S/C19H25N9O/c1-14-23-24-18-17(20-6-8-28(14)18)27-7-4-15(13-27)25(2)16-3-5-21-19(22-16)26-9-11-29-12-10-26/h3,5-6,8,15H,4,7,9-13H2,1-2H3. The van der Waals surface area contributed by atoms with E-state index in [0.717, 1.165) is 74.9 Å². The van der Waals surface area contributed by atoms with Gasteiger partial charge in [0.25, 0.3) is 0 Å². The first-order valence-electron chi connectivity index (χ1n) is 10.0. The van der Waals surface area contributed by atoms with Crippen molar-refractivity contribution >= 4 is 23.2 Å². The van der Waals surface area contributed by atoms with Crippen molar-refractivity contribution in [1.29, 1.82) is 0 Å². The molecule has 29 heavy (non-hydrogen) atoms. The molecule has 5 heterocycles. The quantitative estimate of drug-likeness (QED) is 0.636. The number of hydrogen-bond acceptors (Lipinski definition) is 9. The smallest absolute Gasteiger partial charge is 0.227 e. The molecule has 2 fully saturated rings. The van der Waals surface area contributed by atoms with Gasteiger partial charge in [0.1, 0.15) is 11.6 Å². The summed E-state index contributed by atoms with van der Waals surface area (Å²) in [5, 5.41) is 8.50. The van der Waals surface area contributed by atoms with Crippen LogP contribution in [0.15, 0.2) is 24.7 Å². The summed E-state index contributed by atoms with van der Waals surface area (Å²) >= 11 is 0. The lowest BCUT2D eigenvalue weighted by Gasteiger charge is -2.29. The zero-order valence-corrected chi connectivity index (χ0v) is 16.8. The summed E-state index contributed by atoms with van der Waals surface area (Å²) in [6.45, 7) is 6.85. The highest BCUT2D eigenvalue weighted by Gasteiger charge is 2.29. The van der Waals surface area contributed by atoms with Crippen LogP contribution in [0.25, 0.3) is 5.65 Å². The second-order valence-corrected chi connectivity index (χ2v) is 7.51. The van der Waals surface area contributed by atoms with E-state index < -0.39 is 0 Å². The molecule has 2 saturated heterocycles. The molecule has 3 aromatic rings. The minimum atomic E-state index is 0.341. The maximum Gasteiger partial charge on any atom is 0.227 e. The highest BCUT2D eigenvalue weighted by atomic mass is 16.5. The largest absolute Gasteiger partial charge is 0.378 e. The molecule has 3 aromatic heterocycles. The molecule has 0 N–H and O–H groups in total. The molecule has 0 aliphatic carbocycles. The molecule has 1 unspecified atom stereocenters. The molecule has 152 valence electrons. The summed E-state index contributed by atoms with van der Waals surface area (Å²) in [6, 6.07) is 2.32. The van der Waals surface area contributed by atoms with Gasteiger partial charge in [0.15, 0.2) is 5.82 Å². The van der Waals surface area contributed by atoms with E-state index in [1.807, 2.05) is 36.0 Å². The van der Waals surface area contributed by atoms with Crippen LogP contribution < -0.4 is 14.7 Å². The van der Waals surface area contributed by atoms with Crippen molar-refractivity contribution in [3.05, 3.63) is 30.5 Å². The van der Waals surface area contributed by atoms with E-state index in [9.17, 15) is 0 Å². The average molecular weight is 395 g/mol. The Kier molecular flexibility index (Phi) is 4.62. The highest BCUT2D eigenvalue weighted by Crippen LogP contribution is 2.26. The maximum absolute atomic E-state index is 5.44. The third-order valence-corrected chi connectivity index (χ3v) is 5.77. The van der Waals surface area contributed by atoms with Crippen LogP contribution >= 0.6 is 0 Å². The third kappa shape index (κ3) is 3.33. The normalized spacial score (nSPS) is 19.9. The predicted octanol–water partition coefficient (Wildman–Crippen LogP) is 0.774. The van der Waals surface area contributed by atoms with E-state index in [4.69, 9.17) is 9.72 Å². The van der Waals surface area contributed by atoms with Gasteiger partial charge in [0.2, 0.25) is 11.6 Å². The number of anilines is 3. The minimum Gasteiger partial charge on any atom is -0.378 e. The molecule has 0 aromatic carbocycles. The highest BCUT2D eigenvalue weighted by molar-refractivity contribution is 5.64. The van der Waals surface area contributed by atoms with Crippen molar-refractivity contribution in [1.82, 2.24) is 29.5 Å². The maximum atomic E-state index is 5.44. The molecule has 1 atom stereocenters. The van der Waals surface area contributed by atoms with Gasteiger partial charge in [-0.05, 0) is 19.4 Å².